The number of rotatable bonds is 8. The van der Waals surface area contributed by atoms with E-state index in [4.69, 9.17) is 10.5 Å². The first-order valence-electron chi connectivity index (χ1n) is 9.71. The van der Waals surface area contributed by atoms with Gasteiger partial charge in [0.05, 0.1) is 0 Å². The molecule has 0 bridgehead atoms. The maximum absolute atomic E-state index is 12.3. The average Bonchev–Trinajstić information content (AvgIpc) is 3.11. The normalized spacial score (nSPS) is 18.8. The SMILES string of the molecule is Cl.Cl.NC1CCCC1NCC(Cc1ccccc1)NC(=O)OCc1ccccc1. The summed E-state index contributed by atoms with van der Waals surface area (Å²) in [6.45, 7) is 0.944. The van der Waals surface area contributed by atoms with Gasteiger partial charge in [0, 0.05) is 24.7 Å². The van der Waals surface area contributed by atoms with Crippen molar-refractivity contribution in [3.63, 3.8) is 0 Å². The zero-order valence-electron chi connectivity index (χ0n) is 16.5. The van der Waals surface area contributed by atoms with Gasteiger partial charge in [-0.3, -0.25) is 0 Å². The summed E-state index contributed by atoms with van der Waals surface area (Å²) in [5, 5.41) is 6.55. The van der Waals surface area contributed by atoms with Crippen LogP contribution in [0.4, 0.5) is 4.79 Å². The van der Waals surface area contributed by atoms with E-state index < -0.39 is 6.09 Å². The molecule has 1 fully saturated rings. The number of nitrogens with two attached hydrogens (primary N) is 1. The van der Waals surface area contributed by atoms with Crippen LogP contribution in [0.1, 0.15) is 30.4 Å². The van der Waals surface area contributed by atoms with Crippen molar-refractivity contribution < 1.29 is 9.53 Å². The van der Waals surface area contributed by atoms with E-state index in [9.17, 15) is 4.79 Å². The summed E-state index contributed by atoms with van der Waals surface area (Å²) in [7, 11) is 0. The number of carbonyl (C=O) groups excluding carboxylic acids is 1. The summed E-state index contributed by atoms with van der Waals surface area (Å²) in [6.07, 6.45) is 3.67. The molecule has 3 atom stereocenters. The van der Waals surface area contributed by atoms with Gasteiger partial charge in [0.25, 0.3) is 0 Å². The Kier molecular flexibility index (Phi) is 11.7. The van der Waals surface area contributed by atoms with Crippen LogP contribution in [-0.2, 0) is 17.8 Å². The van der Waals surface area contributed by atoms with Gasteiger partial charge < -0.3 is 21.1 Å². The maximum Gasteiger partial charge on any atom is 0.407 e. The molecule has 0 radical (unpaired) electrons. The minimum Gasteiger partial charge on any atom is -0.445 e. The molecule has 5 nitrogen and oxygen atoms in total. The average molecular weight is 440 g/mol. The third kappa shape index (κ3) is 8.62. The second kappa shape index (κ2) is 13.4. The summed E-state index contributed by atoms with van der Waals surface area (Å²) >= 11 is 0. The Hall–Kier alpha value is -1.79. The van der Waals surface area contributed by atoms with Crippen LogP contribution < -0.4 is 16.4 Å². The van der Waals surface area contributed by atoms with Crippen molar-refractivity contribution in [1.82, 2.24) is 10.6 Å². The smallest absolute Gasteiger partial charge is 0.407 e. The molecular formula is C22H31Cl2N3O2. The molecule has 7 heteroatoms. The summed E-state index contributed by atoms with van der Waals surface area (Å²) in [5.41, 5.74) is 8.31. The Morgan fingerprint density at radius 2 is 1.62 bits per heavy atom. The molecular weight excluding hydrogens is 409 g/mol. The van der Waals surface area contributed by atoms with Crippen molar-refractivity contribution in [2.24, 2.45) is 5.73 Å². The van der Waals surface area contributed by atoms with Gasteiger partial charge in [0.15, 0.2) is 0 Å². The van der Waals surface area contributed by atoms with Crippen LogP contribution in [0.25, 0.3) is 0 Å². The third-order valence-electron chi connectivity index (χ3n) is 5.06. The highest BCUT2D eigenvalue weighted by molar-refractivity contribution is 5.85. The van der Waals surface area contributed by atoms with Crippen LogP contribution in [0.2, 0.25) is 0 Å². The second-order valence-electron chi connectivity index (χ2n) is 7.20. The molecule has 3 rings (SSSR count). The monoisotopic (exact) mass is 439 g/mol. The topological polar surface area (TPSA) is 76.4 Å². The first kappa shape index (κ1) is 25.2. The minimum absolute atomic E-state index is 0. The van der Waals surface area contributed by atoms with E-state index in [0.29, 0.717) is 12.6 Å². The number of nitrogens with one attached hydrogen (secondary N) is 2. The lowest BCUT2D eigenvalue weighted by Crippen LogP contribution is -2.49. The van der Waals surface area contributed by atoms with Crippen molar-refractivity contribution in [3.8, 4) is 0 Å². The van der Waals surface area contributed by atoms with Crippen LogP contribution in [-0.4, -0.2) is 30.8 Å². The number of amides is 1. The van der Waals surface area contributed by atoms with Crippen LogP contribution in [0.3, 0.4) is 0 Å². The van der Waals surface area contributed by atoms with Crippen LogP contribution in [0.15, 0.2) is 60.7 Å². The number of benzene rings is 2. The van der Waals surface area contributed by atoms with Gasteiger partial charge in [-0.2, -0.15) is 0 Å². The van der Waals surface area contributed by atoms with Crippen LogP contribution in [0, 0.1) is 0 Å². The van der Waals surface area contributed by atoms with Crippen molar-refractivity contribution >= 4 is 30.9 Å². The fourth-order valence-corrected chi connectivity index (χ4v) is 3.54. The largest absolute Gasteiger partial charge is 0.445 e. The number of halogens is 2. The summed E-state index contributed by atoms with van der Waals surface area (Å²) < 4.78 is 5.39. The molecule has 1 amide bonds. The van der Waals surface area contributed by atoms with Crippen LogP contribution in [0.5, 0.6) is 0 Å². The molecule has 0 aromatic heterocycles. The van der Waals surface area contributed by atoms with Gasteiger partial charge in [0.2, 0.25) is 0 Å². The highest BCUT2D eigenvalue weighted by Gasteiger charge is 2.24. The number of ether oxygens (including phenoxy) is 1. The Labute approximate surface area is 185 Å². The molecule has 0 spiro atoms. The molecule has 160 valence electrons. The summed E-state index contributed by atoms with van der Waals surface area (Å²) in [4.78, 5) is 12.3. The highest BCUT2D eigenvalue weighted by Crippen LogP contribution is 2.17. The molecule has 2 aromatic rings. The predicted molar refractivity (Wildman–Crippen MR) is 122 cm³/mol. The number of alkyl carbamates (subject to hydrolysis) is 1. The fourth-order valence-electron chi connectivity index (χ4n) is 3.54. The molecule has 0 saturated heterocycles. The van der Waals surface area contributed by atoms with Gasteiger partial charge in [-0.1, -0.05) is 67.1 Å². The lowest BCUT2D eigenvalue weighted by molar-refractivity contribution is 0.135. The first-order valence-corrected chi connectivity index (χ1v) is 9.71. The molecule has 2 aromatic carbocycles. The van der Waals surface area contributed by atoms with Gasteiger partial charge >= 0.3 is 6.09 Å². The predicted octanol–water partition coefficient (Wildman–Crippen LogP) is 3.84. The maximum atomic E-state index is 12.3. The Morgan fingerprint density at radius 3 is 2.21 bits per heavy atom. The molecule has 1 aliphatic rings. The van der Waals surface area contributed by atoms with Gasteiger partial charge in [-0.25, -0.2) is 4.79 Å². The Bertz CT molecular complexity index is 704. The molecule has 0 aliphatic heterocycles. The second-order valence-corrected chi connectivity index (χ2v) is 7.20. The molecule has 3 unspecified atom stereocenters. The van der Waals surface area contributed by atoms with Crippen molar-refractivity contribution in [1.29, 1.82) is 0 Å². The Balaban J connectivity index is 0.00000210. The van der Waals surface area contributed by atoms with Gasteiger partial charge in [-0.05, 0) is 30.4 Å². The van der Waals surface area contributed by atoms with E-state index in [1.54, 1.807) is 0 Å². The number of carbonyl (C=O) groups is 1. The minimum atomic E-state index is -0.391. The van der Waals surface area contributed by atoms with Crippen molar-refractivity contribution in [2.75, 3.05) is 6.54 Å². The van der Waals surface area contributed by atoms with E-state index in [1.165, 1.54) is 5.56 Å². The van der Waals surface area contributed by atoms with E-state index in [2.05, 4.69) is 22.8 Å². The van der Waals surface area contributed by atoms with Gasteiger partial charge in [-0.15, -0.1) is 24.8 Å². The number of hydrogen-bond acceptors (Lipinski definition) is 4. The zero-order valence-corrected chi connectivity index (χ0v) is 18.1. The number of hydrogen-bond donors (Lipinski definition) is 3. The standard InChI is InChI=1S/C22H29N3O2.2ClH/c23-20-12-7-13-21(20)24-15-19(14-17-8-3-1-4-9-17)25-22(26)27-16-18-10-5-2-6-11-18;;/h1-6,8-11,19-21,24H,7,12-16,23H2,(H,25,26);2*1H. The summed E-state index contributed by atoms with van der Waals surface area (Å²) in [6, 6.07) is 20.3. The van der Waals surface area contributed by atoms with Gasteiger partial charge in [0.1, 0.15) is 6.61 Å². The molecule has 1 saturated carbocycles. The molecule has 1 aliphatic carbocycles. The van der Waals surface area contributed by atoms with E-state index in [0.717, 1.165) is 31.2 Å². The van der Waals surface area contributed by atoms with Crippen molar-refractivity contribution in [3.05, 3.63) is 71.8 Å². The van der Waals surface area contributed by atoms with E-state index in [-0.39, 0.29) is 43.5 Å². The zero-order chi connectivity index (χ0) is 18.9. The Morgan fingerprint density at radius 1 is 1.00 bits per heavy atom. The summed E-state index contributed by atoms with van der Waals surface area (Å²) in [5.74, 6) is 0. The fraction of sp³-hybridized carbons (Fsp3) is 0.409. The van der Waals surface area contributed by atoms with Crippen molar-refractivity contribution in [2.45, 2.75) is 50.4 Å². The highest BCUT2D eigenvalue weighted by atomic mass is 35.5. The van der Waals surface area contributed by atoms with E-state index in [1.807, 2.05) is 48.5 Å². The lowest BCUT2D eigenvalue weighted by Gasteiger charge is -2.23. The van der Waals surface area contributed by atoms with Crippen LogP contribution >= 0.6 is 24.8 Å². The quantitative estimate of drug-likeness (QED) is 0.583. The first-order chi connectivity index (χ1) is 13.2. The molecule has 0 heterocycles. The van der Waals surface area contributed by atoms with E-state index >= 15 is 0 Å². The molecule has 4 N–H and O–H groups in total. The molecule has 29 heavy (non-hydrogen) atoms. The third-order valence-corrected chi connectivity index (χ3v) is 5.06. The lowest BCUT2D eigenvalue weighted by atomic mass is 10.1.